The first-order valence-corrected chi connectivity index (χ1v) is 10.8. The van der Waals surface area contributed by atoms with Crippen LogP contribution in [0, 0.1) is 5.82 Å². The van der Waals surface area contributed by atoms with Crippen molar-refractivity contribution in [1.29, 1.82) is 0 Å². The van der Waals surface area contributed by atoms with Crippen molar-refractivity contribution < 1.29 is 18.7 Å². The molecule has 0 aromatic heterocycles. The van der Waals surface area contributed by atoms with E-state index in [1.807, 2.05) is 24.3 Å². The van der Waals surface area contributed by atoms with Crippen LogP contribution < -0.4 is 0 Å². The van der Waals surface area contributed by atoms with Gasteiger partial charge < -0.3 is 14.4 Å². The smallest absolute Gasteiger partial charge is 0.363 e. The number of hydrogen-bond acceptors (Lipinski definition) is 5. The molecule has 0 radical (unpaired) electrons. The Balaban J connectivity index is 1.52. The average molecular weight is 430 g/mol. The van der Waals surface area contributed by atoms with E-state index in [4.69, 9.17) is 9.47 Å². The van der Waals surface area contributed by atoms with Crippen LogP contribution in [0.2, 0.25) is 0 Å². The molecule has 0 N–H and O–H groups in total. The second-order valence-corrected chi connectivity index (χ2v) is 7.90. The van der Waals surface area contributed by atoms with Crippen molar-refractivity contribution in [2.75, 3.05) is 26.3 Å². The Morgan fingerprint density at radius 3 is 2.44 bits per heavy atom. The fourth-order valence-electron chi connectivity index (χ4n) is 4.23. The summed E-state index contributed by atoms with van der Waals surface area (Å²) < 4.78 is 24.1. The summed E-state index contributed by atoms with van der Waals surface area (Å²) in [6, 6.07) is 16.0. The molecular weight excluding hydrogens is 407 g/mol. The quantitative estimate of drug-likeness (QED) is 0.530. The SMILES string of the molecule is O=C1OC(c2ccc(F)cc2)=N/C1=C\C1=C(N2CCOCC2)C(=C\c2ccccc2)/CC1. The number of allylic oxidation sites excluding steroid dienone is 3. The molecule has 3 aliphatic rings. The zero-order valence-electron chi connectivity index (χ0n) is 17.6. The second-order valence-electron chi connectivity index (χ2n) is 7.90. The maximum absolute atomic E-state index is 13.2. The number of morpholine rings is 1. The van der Waals surface area contributed by atoms with Crippen LogP contribution in [0.25, 0.3) is 6.08 Å². The molecule has 0 bridgehead atoms. The molecule has 5 nitrogen and oxygen atoms in total. The van der Waals surface area contributed by atoms with Gasteiger partial charge in [0.15, 0.2) is 5.70 Å². The molecule has 0 spiro atoms. The number of halogens is 1. The lowest BCUT2D eigenvalue weighted by molar-refractivity contribution is -0.130. The van der Waals surface area contributed by atoms with Gasteiger partial charge in [0.05, 0.1) is 13.2 Å². The lowest BCUT2D eigenvalue weighted by Crippen LogP contribution is -2.36. The van der Waals surface area contributed by atoms with E-state index in [0.717, 1.165) is 42.8 Å². The van der Waals surface area contributed by atoms with Crippen LogP contribution in [0.4, 0.5) is 4.39 Å². The molecule has 2 aromatic carbocycles. The molecule has 0 unspecified atom stereocenters. The number of nitrogens with zero attached hydrogens (tertiary/aromatic N) is 2. The first kappa shape index (κ1) is 20.4. The van der Waals surface area contributed by atoms with Crippen LogP contribution in [0.3, 0.4) is 0 Å². The molecule has 2 aliphatic heterocycles. The predicted octanol–water partition coefficient (Wildman–Crippen LogP) is 4.48. The zero-order valence-corrected chi connectivity index (χ0v) is 17.6. The third kappa shape index (κ3) is 4.27. The highest BCUT2D eigenvalue weighted by Crippen LogP contribution is 2.37. The van der Waals surface area contributed by atoms with Gasteiger partial charge in [0.25, 0.3) is 0 Å². The number of carbonyl (C=O) groups is 1. The monoisotopic (exact) mass is 430 g/mol. The Morgan fingerprint density at radius 1 is 0.938 bits per heavy atom. The number of aliphatic imine (C=N–C) groups is 1. The van der Waals surface area contributed by atoms with Crippen molar-refractivity contribution in [1.82, 2.24) is 4.90 Å². The summed E-state index contributed by atoms with van der Waals surface area (Å²) in [5.41, 5.74) is 5.47. The summed E-state index contributed by atoms with van der Waals surface area (Å²) in [6.45, 7) is 2.98. The minimum absolute atomic E-state index is 0.202. The third-order valence-electron chi connectivity index (χ3n) is 5.76. The van der Waals surface area contributed by atoms with E-state index in [0.29, 0.717) is 18.8 Å². The fraction of sp³-hybridized carbons (Fsp3) is 0.231. The Hall–Kier alpha value is -3.51. The van der Waals surface area contributed by atoms with Gasteiger partial charge in [-0.2, -0.15) is 0 Å². The summed E-state index contributed by atoms with van der Waals surface area (Å²) in [6.07, 6.45) is 5.78. The van der Waals surface area contributed by atoms with Crippen molar-refractivity contribution in [3.8, 4) is 0 Å². The number of rotatable bonds is 4. The standard InChI is InChI=1S/C26H23FN2O3/c27-22-10-8-19(9-11-22)25-28-23(26(30)32-25)17-21-7-6-20(16-18-4-2-1-3-5-18)24(21)29-12-14-31-15-13-29/h1-5,8-11,16-17H,6-7,12-15H2/b20-16-,23-17-. The molecule has 0 amide bonds. The third-order valence-corrected chi connectivity index (χ3v) is 5.76. The topological polar surface area (TPSA) is 51.1 Å². The van der Waals surface area contributed by atoms with Gasteiger partial charge in [-0.3, -0.25) is 0 Å². The van der Waals surface area contributed by atoms with Gasteiger partial charge in [0.2, 0.25) is 5.90 Å². The molecule has 2 aromatic rings. The lowest BCUT2D eigenvalue weighted by atomic mass is 10.1. The first-order chi connectivity index (χ1) is 15.7. The van der Waals surface area contributed by atoms with Crippen molar-refractivity contribution in [3.05, 3.63) is 100 Å². The maximum atomic E-state index is 13.2. The van der Waals surface area contributed by atoms with Crippen LogP contribution in [0.1, 0.15) is 24.0 Å². The molecule has 1 saturated heterocycles. The minimum atomic E-state index is -0.487. The predicted molar refractivity (Wildman–Crippen MR) is 120 cm³/mol. The molecule has 0 atom stereocenters. The Bertz CT molecular complexity index is 1140. The van der Waals surface area contributed by atoms with E-state index >= 15 is 0 Å². The van der Waals surface area contributed by atoms with Gasteiger partial charge in [-0.1, -0.05) is 30.3 Å². The van der Waals surface area contributed by atoms with E-state index in [-0.39, 0.29) is 17.4 Å². The highest BCUT2D eigenvalue weighted by molar-refractivity contribution is 6.11. The normalized spacial score (nSPS) is 21.5. The molecule has 5 rings (SSSR count). The van der Waals surface area contributed by atoms with Gasteiger partial charge in [0.1, 0.15) is 5.82 Å². The van der Waals surface area contributed by atoms with Gasteiger partial charge in [-0.25, -0.2) is 14.2 Å². The van der Waals surface area contributed by atoms with E-state index in [2.05, 4.69) is 28.1 Å². The summed E-state index contributed by atoms with van der Waals surface area (Å²) in [5.74, 6) is -0.634. The summed E-state index contributed by atoms with van der Waals surface area (Å²) >= 11 is 0. The largest absolute Gasteiger partial charge is 0.402 e. The molecule has 6 heteroatoms. The van der Waals surface area contributed by atoms with Gasteiger partial charge >= 0.3 is 5.97 Å². The fourth-order valence-corrected chi connectivity index (χ4v) is 4.23. The molecule has 1 fully saturated rings. The zero-order chi connectivity index (χ0) is 21.9. The van der Waals surface area contributed by atoms with Crippen LogP contribution in [-0.2, 0) is 14.3 Å². The number of carbonyl (C=O) groups excluding carboxylic acids is 1. The molecular formula is C26H23FN2O3. The number of cyclic esters (lactones) is 1. The van der Waals surface area contributed by atoms with Crippen LogP contribution in [0.15, 0.2) is 88.2 Å². The number of esters is 1. The summed E-state index contributed by atoms with van der Waals surface area (Å²) in [4.78, 5) is 19.3. The van der Waals surface area contributed by atoms with Crippen LogP contribution >= 0.6 is 0 Å². The Labute approximate surface area is 186 Å². The number of benzene rings is 2. The van der Waals surface area contributed by atoms with Crippen LogP contribution in [0.5, 0.6) is 0 Å². The van der Waals surface area contributed by atoms with Crippen molar-refractivity contribution in [3.63, 3.8) is 0 Å². The number of ether oxygens (including phenoxy) is 2. The molecule has 1 aliphatic carbocycles. The van der Waals surface area contributed by atoms with Crippen molar-refractivity contribution in [2.45, 2.75) is 12.8 Å². The molecule has 162 valence electrons. The Morgan fingerprint density at radius 2 is 1.69 bits per heavy atom. The highest BCUT2D eigenvalue weighted by Gasteiger charge is 2.29. The lowest BCUT2D eigenvalue weighted by Gasteiger charge is -2.31. The van der Waals surface area contributed by atoms with Crippen molar-refractivity contribution in [2.24, 2.45) is 4.99 Å². The highest BCUT2D eigenvalue weighted by atomic mass is 19.1. The van der Waals surface area contributed by atoms with Crippen molar-refractivity contribution >= 4 is 17.9 Å². The van der Waals surface area contributed by atoms with E-state index < -0.39 is 5.97 Å². The van der Waals surface area contributed by atoms with E-state index in [9.17, 15) is 9.18 Å². The first-order valence-electron chi connectivity index (χ1n) is 10.8. The summed E-state index contributed by atoms with van der Waals surface area (Å²) in [7, 11) is 0. The molecule has 32 heavy (non-hydrogen) atoms. The van der Waals surface area contributed by atoms with Gasteiger partial charge in [-0.05, 0) is 66.0 Å². The summed E-state index contributed by atoms with van der Waals surface area (Å²) in [5, 5.41) is 0. The van der Waals surface area contributed by atoms with Crippen LogP contribution in [-0.4, -0.2) is 43.1 Å². The number of hydrogen-bond donors (Lipinski definition) is 0. The van der Waals surface area contributed by atoms with Gasteiger partial charge in [-0.15, -0.1) is 0 Å². The average Bonchev–Trinajstić information content (AvgIpc) is 3.39. The Kier molecular flexibility index (Phi) is 5.69. The minimum Gasteiger partial charge on any atom is -0.402 e. The maximum Gasteiger partial charge on any atom is 0.363 e. The second kappa shape index (κ2) is 8.93. The van der Waals surface area contributed by atoms with E-state index in [1.165, 1.54) is 17.7 Å². The van der Waals surface area contributed by atoms with E-state index in [1.54, 1.807) is 12.1 Å². The molecule has 0 saturated carbocycles. The van der Waals surface area contributed by atoms with Gasteiger partial charge in [0, 0.05) is 24.4 Å². The molecule has 2 heterocycles.